The van der Waals surface area contributed by atoms with Gasteiger partial charge in [-0.2, -0.15) is 4.31 Å². The number of sulfonamides is 1. The van der Waals surface area contributed by atoms with Crippen LogP contribution in [0.5, 0.6) is 0 Å². The second kappa shape index (κ2) is 6.26. The summed E-state index contributed by atoms with van der Waals surface area (Å²) in [4.78, 5) is 4.12. The van der Waals surface area contributed by atoms with Gasteiger partial charge in [0.25, 0.3) is 0 Å². The molecule has 1 aromatic rings. The molecule has 112 valence electrons. The summed E-state index contributed by atoms with van der Waals surface area (Å²) >= 11 is 6.00. The number of anilines is 1. The summed E-state index contributed by atoms with van der Waals surface area (Å²) in [6.07, 6.45) is 2.72. The van der Waals surface area contributed by atoms with Crippen molar-refractivity contribution in [3.63, 3.8) is 0 Å². The standard InChI is InChI=1S/C12H18ClN3O3S/c1-14-12-11(13)7-10(8-15-12)20(17,18)16(2)9-3-5-19-6-4-9/h7-9H,3-6H2,1-2H3,(H,14,15). The van der Waals surface area contributed by atoms with Gasteiger partial charge in [0.1, 0.15) is 10.7 Å². The molecule has 0 unspecified atom stereocenters. The Morgan fingerprint density at radius 2 is 2.10 bits per heavy atom. The minimum atomic E-state index is -3.58. The molecule has 0 aliphatic carbocycles. The van der Waals surface area contributed by atoms with E-state index in [1.54, 1.807) is 14.1 Å². The summed E-state index contributed by atoms with van der Waals surface area (Å²) in [7, 11) is -0.317. The monoisotopic (exact) mass is 319 g/mol. The van der Waals surface area contributed by atoms with Crippen LogP contribution < -0.4 is 5.32 Å². The minimum Gasteiger partial charge on any atom is -0.381 e. The predicted molar refractivity (Wildman–Crippen MR) is 77.6 cm³/mol. The van der Waals surface area contributed by atoms with Gasteiger partial charge >= 0.3 is 0 Å². The van der Waals surface area contributed by atoms with Crippen molar-refractivity contribution in [1.29, 1.82) is 0 Å². The van der Waals surface area contributed by atoms with Crippen LogP contribution in [0.4, 0.5) is 5.82 Å². The van der Waals surface area contributed by atoms with E-state index in [1.165, 1.54) is 16.6 Å². The van der Waals surface area contributed by atoms with Crippen molar-refractivity contribution in [3.8, 4) is 0 Å². The maximum absolute atomic E-state index is 12.5. The average molecular weight is 320 g/mol. The molecule has 0 spiro atoms. The van der Waals surface area contributed by atoms with E-state index in [-0.39, 0.29) is 16.0 Å². The van der Waals surface area contributed by atoms with E-state index in [4.69, 9.17) is 16.3 Å². The molecule has 1 aliphatic heterocycles. The quantitative estimate of drug-likeness (QED) is 0.912. The lowest BCUT2D eigenvalue weighted by molar-refractivity contribution is 0.0632. The van der Waals surface area contributed by atoms with Crippen LogP contribution in [0.15, 0.2) is 17.2 Å². The summed E-state index contributed by atoms with van der Waals surface area (Å²) in [5.41, 5.74) is 0. The van der Waals surface area contributed by atoms with Crippen molar-refractivity contribution in [1.82, 2.24) is 9.29 Å². The molecule has 20 heavy (non-hydrogen) atoms. The van der Waals surface area contributed by atoms with Gasteiger partial charge in [0.2, 0.25) is 10.0 Å². The van der Waals surface area contributed by atoms with Gasteiger partial charge in [-0.15, -0.1) is 0 Å². The zero-order valence-corrected chi connectivity index (χ0v) is 13.0. The Hall–Kier alpha value is -0.890. The van der Waals surface area contributed by atoms with Crippen molar-refractivity contribution < 1.29 is 13.2 Å². The lowest BCUT2D eigenvalue weighted by Gasteiger charge is -2.30. The van der Waals surface area contributed by atoms with Crippen LogP contribution in [-0.2, 0) is 14.8 Å². The molecule has 1 saturated heterocycles. The highest BCUT2D eigenvalue weighted by molar-refractivity contribution is 7.89. The Morgan fingerprint density at radius 1 is 1.45 bits per heavy atom. The molecule has 0 atom stereocenters. The maximum Gasteiger partial charge on any atom is 0.244 e. The van der Waals surface area contributed by atoms with Crippen molar-refractivity contribution in [2.24, 2.45) is 0 Å². The molecule has 0 saturated carbocycles. The van der Waals surface area contributed by atoms with Gasteiger partial charge in [-0.05, 0) is 18.9 Å². The van der Waals surface area contributed by atoms with Crippen LogP contribution in [-0.4, -0.2) is 51.1 Å². The molecule has 0 aromatic carbocycles. The molecule has 1 fully saturated rings. The Kier molecular flexibility index (Phi) is 4.85. The van der Waals surface area contributed by atoms with Crippen molar-refractivity contribution in [2.45, 2.75) is 23.8 Å². The molecule has 0 radical (unpaired) electrons. The van der Waals surface area contributed by atoms with Crippen molar-refractivity contribution in [3.05, 3.63) is 17.3 Å². The number of nitrogens with one attached hydrogen (secondary N) is 1. The molecular weight excluding hydrogens is 302 g/mol. The Bertz CT molecular complexity index is 573. The van der Waals surface area contributed by atoms with Gasteiger partial charge in [-0.3, -0.25) is 0 Å². The van der Waals surface area contributed by atoms with E-state index in [0.717, 1.165) is 0 Å². The smallest absolute Gasteiger partial charge is 0.244 e. The summed E-state index contributed by atoms with van der Waals surface area (Å²) in [6, 6.07) is 1.38. The highest BCUT2D eigenvalue weighted by Gasteiger charge is 2.30. The normalized spacial score (nSPS) is 17.4. The molecule has 2 rings (SSSR count). The van der Waals surface area contributed by atoms with E-state index in [0.29, 0.717) is 31.9 Å². The number of nitrogens with zero attached hydrogens (tertiary/aromatic N) is 2. The summed E-state index contributed by atoms with van der Waals surface area (Å²) < 4.78 is 31.7. The van der Waals surface area contributed by atoms with Gasteiger partial charge in [-0.1, -0.05) is 11.6 Å². The third-order valence-electron chi connectivity index (χ3n) is 3.43. The first-order valence-electron chi connectivity index (χ1n) is 6.36. The largest absolute Gasteiger partial charge is 0.381 e. The van der Waals surface area contributed by atoms with Crippen molar-refractivity contribution in [2.75, 3.05) is 32.6 Å². The fourth-order valence-corrected chi connectivity index (χ4v) is 3.87. The summed E-state index contributed by atoms with van der Waals surface area (Å²) in [5, 5.41) is 3.08. The number of pyridine rings is 1. The second-order valence-electron chi connectivity index (χ2n) is 4.62. The number of hydrogen-bond donors (Lipinski definition) is 1. The zero-order chi connectivity index (χ0) is 14.8. The number of aromatic nitrogens is 1. The van der Waals surface area contributed by atoms with Gasteiger partial charge in [-0.25, -0.2) is 13.4 Å². The predicted octanol–water partition coefficient (Wildman–Crippen LogP) is 1.58. The third-order valence-corrected chi connectivity index (χ3v) is 5.60. The van der Waals surface area contributed by atoms with Gasteiger partial charge in [0.15, 0.2) is 0 Å². The van der Waals surface area contributed by atoms with Crippen LogP contribution in [0.2, 0.25) is 5.02 Å². The highest BCUT2D eigenvalue weighted by atomic mass is 35.5. The molecule has 2 heterocycles. The van der Waals surface area contributed by atoms with Crippen LogP contribution in [0.3, 0.4) is 0 Å². The Balaban J connectivity index is 2.27. The van der Waals surface area contributed by atoms with Crippen LogP contribution in [0.1, 0.15) is 12.8 Å². The van der Waals surface area contributed by atoms with Crippen molar-refractivity contribution >= 4 is 27.4 Å². The first-order valence-corrected chi connectivity index (χ1v) is 8.17. The molecule has 1 N–H and O–H groups in total. The molecule has 1 aliphatic rings. The molecule has 6 nitrogen and oxygen atoms in total. The Morgan fingerprint density at radius 3 is 2.65 bits per heavy atom. The molecular formula is C12H18ClN3O3S. The van der Waals surface area contributed by atoms with Gasteiger partial charge in [0, 0.05) is 39.5 Å². The SMILES string of the molecule is CNc1ncc(S(=O)(=O)N(C)C2CCOCC2)cc1Cl. The van der Waals surface area contributed by atoms with Gasteiger partial charge in [0.05, 0.1) is 5.02 Å². The van der Waals surface area contributed by atoms with E-state index < -0.39 is 10.0 Å². The summed E-state index contributed by atoms with van der Waals surface area (Å²) in [6.45, 7) is 1.17. The zero-order valence-electron chi connectivity index (χ0n) is 11.5. The van der Waals surface area contributed by atoms with Crippen LogP contribution in [0.25, 0.3) is 0 Å². The first kappa shape index (κ1) is 15.5. The molecule has 8 heteroatoms. The Labute approximate surface area is 124 Å². The number of halogens is 1. The van der Waals surface area contributed by atoms with E-state index in [2.05, 4.69) is 10.3 Å². The fraction of sp³-hybridized carbons (Fsp3) is 0.583. The molecule has 1 aromatic heterocycles. The van der Waals surface area contributed by atoms with E-state index >= 15 is 0 Å². The topological polar surface area (TPSA) is 71.5 Å². The molecule has 0 amide bonds. The number of ether oxygens (including phenoxy) is 1. The minimum absolute atomic E-state index is 0.0449. The van der Waals surface area contributed by atoms with Gasteiger partial charge < -0.3 is 10.1 Å². The summed E-state index contributed by atoms with van der Waals surface area (Å²) in [5.74, 6) is 0.458. The van der Waals surface area contributed by atoms with E-state index in [9.17, 15) is 8.42 Å². The number of rotatable bonds is 4. The average Bonchev–Trinajstić information content (AvgIpc) is 2.47. The highest BCUT2D eigenvalue weighted by Crippen LogP contribution is 2.26. The lowest BCUT2D eigenvalue weighted by Crippen LogP contribution is -2.40. The fourth-order valence-electron chi connectivity index (χ4n) is 2.16. The lowest BCUT2D eigenvalue weighted by atomic mass is 10.1. The van der Waals surface area contributed by atoms with Crippen LogP contribution in [0, 0.1) is 0 Å². The molecule has 0 bridgehead atoms. The second-order valence-corrected chi connectivity index (χ2v) is 7.02. The number of hydrogen-bond acceptors (Lipinski definition) is 5. The van der Waals surface area contributed by atoms with Crippen LogP contribution >= 0.6 is 11.6 Å². The maximum atomic E-state index is 12.5. The third kappa shape index (κ3) is 3.06. The van der Waals surface area contributed by atoms with E-state index in [1.807, 2.05) is 0 Å². The first-order chi connectivity index (χ1) is 9.46.